The Bertz CT molecular complexity index is 390. The molecular formula is C24H47NO3S. The number of aliphatic carboxylic acids is 1. The maximum absolute atomic E-state index is 11.8. The number of carboxylic acid groups (broad SMARTS) is 1. The van der Waals surface area contributed by atoms with Crippen LogP contribution in [0.1, 0.15) is 116 Å². The molecule has 0 fully saturated rings. The summed E-state index contributed by atoms with van der Waals surface area (Å²) in [5, 5.41) is 11.6. The van der Waals surface area contributed by atoms with Crippen molar-refractivity contribution in [2.45, 2.75) is 116 Å². The lowest BCUT2D eigenvalue weighted by Gasteiger charge is -2.10. The number of carboxylic acids is 1. The van der Waals surface area contributed by atoms with Gasteiger partial charge in [-0.25, -0.2) is 0 Å². The molecule has 0 heterocycles. The number of hydrogen-bond acceptors (Lipinski definition) is 3. The molecule has 0 rings (SSSR count). The van der Waals surface area contributed by atoms with Gasteiger partial charge >= 0.3 is 5.97 Å². The highest BCUT2D eigenvalue weighted by Gasteiger charge is 2.10. The van der Waals surface area contributed by atoms with Gasteiger partial charge in [0.05, 0.1) is 0 Å². The summed E-state index contributed by atoms with van der Waals surface area (Å²) in [6.45, 7) is 2.83. The molecule has 5 heteroatoms. The zero-order chi connectivity index (χ0) is 21.6. The monoisotopic (exact) mass is 429 g/mol. The summed E-state index contributed by atoms with van der Waals surface area (Å²) in [5.41, 5.74) is 0. The molecule has 172 valence electrons. The number of nitrogens with one attached hydrogen (secondary N) is 1. The van der Waals surface area contributed by atoms with E-state index in [0.29, 0.717) is 6.42 Å². The molecule has 1 atom stereocenters. The maximum atomic E-state index is 11.8. The minimum atomic E-state index is -0.665. The Morgan fingerprint density at radius 3 is 1.48 bits per heavy atom. The van der Waals surface area contributed by atoms with Crippen LogP contribution >= 0.6 is 11.8 Å². The van der Waals surface area contributed by atoms with E-state index < -0.39 is 5.97 Å². The van der Waals surface area contributed by atoms with Gasteiger partial charge in [0.1, 0.15) is 0 Å². The average Bonchev–Trinajstić information content (AvgIpc) is 2.69. The molecule has 0 aliphatic heterocycles. The number of carbonyl (C=O) groups excluding carboxylic acids is 1. The maximum Gasteiger partial charge on any atom is 0.303 e. The van der Waals surface area contributed by atoms with E-state index in [-0.39, 0.29) is 11.8 Å². The van der Waals surface area contributed by atoms with Gasteiger partial charge < -0.3 is 10.4 Å². The fourth-order valence-corrected chi connectivity index (χ4v) is 4.24. The molecular weight excluding hydrogens is 382 g/mol. The molecule has 0 saturated carbocycles. The van der Waals surface area contributed by atoms with Crippen LogP contribution in [0, 0.1) is 5.92 Å². The molecule has 0 aromatic heterocycles. The lowest BCUT2D eigenvalue weighted by atomic mass is 10.0. The highest BCUT2D eigenvalue weighted by Crippen LogP contribution is 2.14. The first-order valence-electron chi connectivity index (χ1n) is 12.1. The Hall–Kier alpha value is -0.710. The first-order valence-corrected chi connectivity index (χ1v) is 13.5. The summed E-state index contributed by atoms with van der Waals surface area (Å²) in [7, 11) is 0. The van der Waals surface area contributed by atoms with E-state index in [9.17, 15) is 9.59 Å². The minimum absolute atomic E-state index is 0.125. The number of unbranched alkanes of at least 4 members (excludes halogenated alkanes) is 15. The number of hydrogen-bond donors (Lipinski definition) is 2. The van der Waals surface area contributed by atoms with Gasteiger partial charge in [0.25, 0.3) is 0 Å². The third-order valence-corrected chi connectivity index (χ3v) is 6.31. The molecule has 1 amide bonds. The van der Waals surface area contributed by atoms with Gasteiger partial charge in [0.15, 0.2) is 0 Å². The number of rotatable bonds is 22. The van der Waals surface area contributed by atoms with Crippen molar-refractivity contribution >= 4 is 23.6 Å². The van der Waals surface area contributed by atoms with Crippen molar-refractivity contribution < 1.29 is 14.7 Å². The topological polar surface area (TPSA) is 66.4 Å². The van der Waals surface area contributed by atoms with Gasteiger partial charge in [-0.05, 0) is 19.1 Å². The Morgan fingerprint density at radius 1 is 0.724 bits per heavy atom. The lowest BCUT2D eigenvalue weighted by Crippen LogP contribution is -2.31. The molecule has 0 bridgehead atoms. The van der Waals surface area contributed by atoms with Crippen molar-refractivity contribution in [1.82, 2.24) is 5.32 Å². The quantitative estimate of drug-likeness (QED) is 0.185. The summed E-state index contributed by atoms with van der Waals surface area (Å²) in [5.74, 6) is 0.569. The van der Waals surface area contributed by atoms with Crippen molar-refractivity contribution in [3.05, 3.63) is 0 Å². The zero-order valence-corrected chi connectivity index (χ0v) is 20.0. The van der Waals surface area contributed by atoms with Crippen LogP contribution in [-0.2, 0) is 9.59 Å². The number of thioether (sulfide) groups is 1. The van der Waals surface area contributed by atoms with Gasteiger partial charge in [-0.15, -0.1) is 0 Å². The highest BCUT2D eigenvalue weighted by molar-refractivity contribution is 7.98. The molecule has 0 aromatic rings. The second kappa shape index (κ2) is 22.0. The van der Waals surface area contributed by atoms with Crippen LogP contribution in [0.15, 0.2) is 0 Å². The molecule has 0 saturated heterocycles. The molecule has 0 aromatic carbocycles. The largest absolute Gasteiger partial charge is 0.481 e. The Kier molecular flexibility index (Phi) is 21.4. The zero-order valence-electron chi connectivity index (χ0n) is 19.2. The van der Waals surface area contributed by atoms with Gasteiger partial charge in [-0.1, -0.05) is 96.8 Å². The molecule has 4 nitrogen and oxygen atoms in total. The second-order valence-electron chi connectivity index (χ2n) is 8.45. The van der Waals surface area contributed by atoms with E-state index in [4.69, 9.17) is 5.11 Å². The van der Waals surface area contributed by atoms with Crippen molar-refractivity contribution in [3.63, 3.8) is 0 Å². The predicted octanol–water partition coefficient (Wildman–Crippen LogP) is 6.82. The van der Waals surface area contributed by atoms with E-state index in [2.05, 4.69) is 5.32 Å². The van der Waals surface area contributed by atoms with Crippen LogP contribution in [0.4, 0.5) is 0 Å². The van der Waals surface area contributed by atoms with Crippen LogP contribution in [-0.4, -0.2) is 35.5 Å². The molecule has 2 N–H and O–H groups in total. The standard InChI is InChI=1S/C24H47NO3S/c1-22(21-29-2)24(28)25-20-18-16-14-12-10-8-6-4-3-5-7-9-11-13-15-17-19-23(26)27/h22H,3-21H2,1-2H3,(H,25,28)(H,26,27). The molecule has 0 spiro atoms. The molecule has 29 heavy (non-hydrogen) atoms. The summed E-state index contributed by atoms with van der Waals surface area (Å²) in [6, 6.07) is 0. The normalized spacial score (nSPS) is 12.1. The van der Waals surface area contributed by atoms with Crippen LogP contribution in [0.25, 0.3) is 0 Å². The van der Waals surface area contributed by atoms with Gasteiger partial charge in [0, 0.05) is 24.6 Å². The first kappa shape index (κ1) is 28.3. The van der Waals surface area contributed by atoms with E-state index in [1.807, 2.05) is 13.2 Å². The summed E-state index contributed by atoms with van der Waals surface area (Å²) in [4.78, 5) is 22.2. The molecule has 0 radical (unpaired) electrons. The third-order valence-electron chi connectivity index (χ3n) is 5.48. The highest BCUT2D eigenvalue weighted by atomic mass is 32.2. The second-order valence-corrected chi connectivity index (χ2v) is 9.36. The third kappa shape index (κ3) is 21.8. The average molecular weight is 430 g/mol. The van der Waals surface area contributed by atoms with Gasteiger partial charge in [0.2, 0.25) is 5.91 Å². The Morgan fingerprint density at radius 2 is 1.10 bits per heavy atom. The van der Waals surface area contributed by atoms with E-state index in [1.165, 1.54) is 83.5 Å². The minimum Gasteiger partial charge on any atom is -0.481 e. The van der Waals surface area contributed by atoms with Crippen molar-refractivity contribution in [2.75, 3.05) is 18.6 Å². The smallest absolute Gasteiger partial charge is 0.303 e. The van der Waals surface area contributed by atoms with Crippen LogP contribution in [0.5, 0.6) is 0 Å². The first-order chi connectivity index (χ1) is 14.1. The van der Waals surface area contributed by atoms with Crippen LogP contribution in [0.2, 0.25) is 0 Å². The summed E-state index contributed by atoms with van der Waals surface area (Å²) >= 11 is 1.73. The van der Waals surface area contributed by atoms with E-state index in [1.54, 1.807) is 11.8 Å². The van der Waals surface area contributed by atoms with Gasteiger partial charge in [-0.3, -0.25) is 9.59 Å². The van der Waals surface area contributed by atoms with Crippen molar-refractivity contribution in [3.8, 4) is 0 Å². The summed E-state index contributed by atoms with van der Waals surface area (Å²) in [6.07, 6.45) is 22.5. The van der Waals surface area contributed by atoms with Crippen LogP contribution in [0.3, 0.4) is 0 Å². The SMILES string of the molecule is CSCC(C)C(=O)NCCCCCCCCCCCCCCCCCCC(=O)O. The lowest BCUT2D eigenvalue weighted by molar-refractivity contribution is -0.137. The molecule has 0 aliphatic rings. The summed E-state index contributed by atoms with van der Waals surface area (Å²) < 4.78 is 0. The van der Waals surface area contributed by atoms with Crippen molar-refractivity contribution in [1.29, 1.82) is 0 Å². The Labute approximate surface area is 184 Å². The van der Waals surface area contributed by atoms with Gasteiger partial charge in [-0.2, -0.15) is 11.8 Å². The van der Waals surface area contributed by atoms with Crippen molar-refractivity contribution in [2.24, 2.45) is 5.92 Å². The van der Waals surface area contributed by atoms with Crippen LogP contribution < -0.4 is 5.32 Å². The van der Waals surface area contributed by atoms with E-state index in [0.717, 1.165) is 31.6 Å². The fraction of sp³-hybridized carbons (Fsp3) is 0.917. The number of carbonyl (C=O) groups is 2. The number of amides is 1. The predicted molar refractivity (Wildman–Crippen MR) is 127 cm³/mol. The fourth-order valence-electron chi connectivity index (χ4n) is 3.59. The molecule has 1 unspecified atom stereocenters. The van der Waals surface area contributed by atoms with E-state index >= 15 is 0 Å². The Balaban J connectivity index is 3.13. The molecule has 0 aliphatic carbocycles.